The van der Waals surface area contributed by atoms with E-state index in [1.807, 2.05) is 72.8 Å². The number of para-hydroxylation sites is 1. The molecule has 8 heteroatoms. The van der Waals surface area contributed by atoms with Gasteiger partial charge in [-0.1, -0.05) is 60.7 Å². The summed E-state index contributed by atoms with van der Waals surface area (Å²) in [6, 6.07) is 23.7. The second-order valence-electron chi connectivity index (χ2n) is 8.84. The fourth-order valence-electron chi connectivity index (χ4n) is 4.18. The molecule has 0 saturated carbocycles. The molecule has 4 rings (SSSR count). The summed E-state index contributed by atoms with van der Waals surface area (Å²) in [7, 11) is 1.41. The summed E-state index contributed by atoms with van der Waals surface area (Å²) in [5.74, 6) is -0.480. The molecule has 1 aromatic heterocycles. The Kier molecular flexibility index (Phi) is 8.43. The number of methoxy groups -OCH3 is 1. The van der Waals surface area contributed by atoms with Crippen molar-refractivity contribution in [1.82, 2.24) is 10.3 Å². The zero-order chi connectivity index (χ0) is 27.1. The average Bonchev–Trinajstić information content (AvgIpc) is 2.93. The molecule has 3 atom stereocenters. The van der Waals surface area contributed by atoms with Crippen LogP contribution < -0.4 is 14.8 Å². The van der Waals surface area contributed by atoms with Crippen molar-refractivity contribution in [3.63, 3.8) is 0 Å². The summed E-state index contributed by atoms with van der Waals surface area (Å²) in [6.45, 7) is 3.30. The van der Waals surface area contributed by atoms with Crippen LogP contribution in [-0.2, 0) is 20.7 Å². The predicted molar refractivity (Wildman–Crippen MR) is 143 cm³/mol. The van der Waals surface area contributed by atoms with Crippen LogP contribution in [-0.4, -0.2) is 41.2 Å². The minimum absolute atomic E-state index is 0.142. The van der Waals surface area contributed by atoms with Gasteiger partial charge in [0.05, 0.1) is 19.2 Å². The Balaban J connectivity index is 1.48. The van der Waals surface area contributed by atoms with Gasteiger partial charge in [0.15, 0.2) is 17.6 Å². The van der Waals surface area contributed by atoms with Crippen molar-refractivity contribution in [3.05, 3.63) is 96.3 Å². The Labute approximate surface area is 221 Å². The van der Waals surface area contributed by atoms with Gasteiger partial charge in [0.2, 0.25) is 5.91 Å². The number of hydrogen-bond acceptors (Lipinski definition) is 7. The van der Waals surface area contributed by atoms with E-state index in [0.717, 1.165) is 16.3 Å². The Morgan fingerprint density at radius 2 is 1.66 bits per heavy atom. The maximum Gasteiger partial charge on any atom is 0.328 e. The minimum atomic E-state index is -0.942. The Morgan fingerprint density at radius 3 is 2.42 bits per heavy atom. The van der Waals surface area contributed by atoms with Crippen molar-refractivity contribution < 1.29 is 28.9 Å². The Hall–Kier alpha value is -4.59. The first kappa shape index (κ1) is 26.5. The topological polar surface area (TPSA) is 107 Å². The SMILES string of the molecule is COc1ccnc(CC(=O)N[C@@H](C)C(=O)O[C@@H](C)[C@H](Oc2ccccc2)c2cccc3ccccc23)c1O. The molecule has 2 N–H and O–H groups in total. The molecule has 0 spiro atoms. The number of nitrogens with one attached hydrogen (secondary N) is 1. The second-order valence-corrected chi connectivity index (χ2v) is 8.84. The number of hydrogen-bond donors (Lipinski definition) is 2. The summed E-state index contributed by atoms with van der Waals surface area (Å²) >= 11 is 0. The van der Waals surface area contributed by atoms with Crippen molar-refractivity contribution in [1.29, 1.82) is 0 Å². The van der Waals surface area contributed by atoms with Crippen molar-refractivity contribution in [3.8, 4) is 17.2 Å². The standard InChI is InChI=1S/C30H30N2O6/c1-19(32-27(33)18-25-28(34)26(36-3)16-17-31-25)30(35)37-20(2)29(38-22-12-5-4-6-13-22)24-15-9-11-21-10-7-8-14-23(21)24/h4-17,19-20,29,34H,18H2,1-3H3,(H,32,33)/t19-,20-,29-/m0/s1. The number of benzene rings is 3. The Morgan fingerprint density at radius 1 is 0.947 bits per heavy atom. The summed E-state index contributed by atoms with van der Waals surface area (Å²) in [6.07, 6.45) is -0.0858. The third kappa shape index (κ3) is 6.21. The smallest absolute Gasteiger partial charge is 0.328 e. The molecule has 4 aromatic rings. The summed E-state index contributed by atoms with van der Waals surface area (Å²) in [5, 5.41) is 14.8. The molecular weight excluding hydrogens is 484 g/mol. The van der Waals surface area contributed by atoms with Crippen molar-refractivity contribution in [2.45, 2.75) is 38.5 Å². The van der Waals surface area contributed by atoms with E-state index in [9.17, 15) is 14.7 Å². The quantitative estimate of drug-likeness (QED) is 0.294. The van der Waals surface area contributed by atoms with Gasteiger partial charge in [-0.05, 0) is 36.8 Å². The van der Waals surface area contributed by atoms with E-state index in [4.69, 9.17) is 14.2 Å². The van der Waals surface area contributed by atoms with Crippen LogP contribution in [0.3, 0.4) is 0 Å². The predicted octanol–water partition coefficient (Wildman–Crippen LogP) is 4.75. The van der Waals surface area contributed by atoms with Crippen LogP contribution in [0.2, 0.25) is 0 Å². The van der Waals surface area contributed by atoms with Gasteiger partial charge in [-0.2, -0.15) is 0 Å². The van der Waals surface area contributed by atoms with E-state index in [0.29, 0.717) is 5.75 Å². The van der Waals surface area contributed by atoms with Crippen LogP contribution in [0.4, 0.5) is 0 Å². The first-order chi connectivity index (χ1) is 18.4. The van der Waals surface area contributed by atoms with Crippen molar-refractivity contribution in [2.75, 3.05) is 7.11 Å². The number of ether oxygens (including phenoxy) is 3. The first-order valence-corrected chi connectivity index (χ1v) is 12.3. The molecule has 0 unspecified atom stereocenters. The molecule has 0 aliphatic rings. The second kappa shape index (κ2) is 12.1. The molecule has 1 amide bonds. The molecule has 8 nitrogen and oxygen atoms in total. The number of fused-ring (bicyclic) bond motifs is 1. The fourth-order valence-corrected chi connectivity index (χ4v) is 4.18. The van der Waals surface area contributed by atoms with Crippen molar-refractivity contribution >= 4 is 22.6 Å². The van der Waals surface area contributed by atoms with E-state index in [2.05, 4.69) is 10.3 Å². The molecule has 0 aliphatic heterocycles. The lowest BCUT2D eigenvalue weighted by Crippen LogP contribution is -2.42. The molecule has 1 heterocycles. The summed E-state index contributed by atoms with van der Waals surface area (Å²) in [4.78, 5) is 29.6. The molecular formula is C30H30N2O6. The lowest BCUT2D eigenvalue weighted by molar-refractivity contribution is -0.156. The molecule has 0 radical (unpaired) electrons. The van der Waals surface area contributed by atoms with Crippen LogP contribution in [0.1, 0.15) is 31.2 Å². The number of nitrogens with zero attached hydrogens (tertiary/aromatic N) is 1. The normalized spacial score (nSPS) is 13.2. The van der Waals surface area contributed by atoms with E-state index < -0.39 is 30.1 Å². The molecule has 0 aliphatic carbocycles. The molecule has 0 saturated heterocycles. The number of amides is 1. The van der Waals surface area contributed by atoms with Gasteiger partial charge in [-0.15, -0.1) is 0 Å². The van der Waals surface area contributed by atoms with Gasteiger partial charge in [0, 0.05) is 17.8 Å². The fraction of sp³-hybridized carbons (Fsp3) is 0.233. The molecule has 0 bridgehead atoms. The van der Waals surface area contributed by atoms with E-state index in [1.54, 1.807) is 6.92 Å². The Bertz CT molecular complexity index is 1400. The first-order valence-electron chi connectivity index (χ1n) is 12.3. The third-order valence-corrected chi connectivity index (χ3v) is 6.11. The van der Waals surface area contributed by atoms with E-state index in [1.165, 1.54) is 26.3 Å². The largest absolute Gasteiger partial charge is 0.503 e. The highest BCUT2D eigenvalue weighted by Gasteiger charge is 2.29. The van der Waals surface area contributed by atoms with E-state index >= 15 is 0 Å². The van der Waals surface area contributed by atoms with Crippen LogP contribution in [0.15, 0.2) is 85.1 Å². The van der Waals surface area contributed by atoms with Crippen LogP contribution in [0, 0.1) is 0 Å². The molecule has 196 valence electrons. The number of carbonyl (C=O) groups is 2. The van der Waals surface area contributed by atoms with Gasteiger partial charge in [-0.3, -0.25) is 9.78 Å². The van der Waals surface area contributed by atoms with Gasteiger partial charge in [0.1, 0.15) is 17.9 Å². The maximum atomic E-state index is 13.0. The zero-order valence-electron chi connectivity index (χ0n) is 21.5. The number of rotatable bonds is 10. The zero-order valence-corrected chi connectivity index (χ0v) is 21.5. The lowest BCUT2D eigenvalue weighted by atomic mass is 9.97. The number of carbonyl (C=O) groups excluding carboxylic acids is 2. The summed E-state index contributed by atoms with van der Waals surface area (Å²) in [5.41, 5.74) is 1.02. The monoisotopic (exact) mass is 514 g/mol. The highest BCUT2D eigenvalue weighted by molar-refractivity contribution is 5.87. The number of aromatic nitrogens is 1. The number of pyridine rings is 1. The van der Waals surface area contributed by atoms with Gasteiger partial charge < -0.3 is 24.6 Å². The summed E-state index contributed by atoms with van der Waals surface area (Å²) < 4.78 is 17.2. The minimum Gasteiger partial charge on any atom is -0.503 e. The van der Waals surface area contributed by atoms with Gasteiger partial charge in [0.25, 0.3) is 0 Å². The highest BCUT2D eigenvalue weighted by Crippen LogP contribution is 2.32. The molecule has 38 heavy (non-hydrogen) atoms. The van der Waals surface area contributed by atoms with Crippen molar-refractivity contribution in [2.24, 2.45) is 0 Å². The highest BCUT2D eigenvalue weighted by atomic mass is 16.6. The maximum absolute atomic E-state index is 13.0. The molecule has 0 fully saturated rings. The van der Waals surface area contributed by atoms with Gasteiger partial charge in [-0.25, -0.2) is 4.79 Å². The molecule has 3 aromatic carbocycles. The number of aromatic hydroxyl groups is 1. The van der Waals surface area contributed by atoms with E-state index in [-0.39, 0.29) is 23.6 Å². The average molecular weight is 515 g/mol. The lowest BCUT2D eigenvalue weighted by Gasteiger charge is -2.27. The van der Waals surface area contributed by atoms with Crippen LogP contribution >= 0.6 is 0 Å². The van der Waals surface area contributed by atoms with Gasteiger partial charge >= 0.3 is 5.97 Å². The van der Waals surface area contributed by atoms with Crippen LogP contribution in [0.25, 0.3) is 10.8 Å². The van der Waals surface area contributed by atoms with Crippen LogP contribution in [0.5, 0.6) is 17.2 Å². The third-order valence-electron chi connectivity index (χ3n) is 6.11. The number of esters is 1.